The van der Waals surface area contributed by atoms with E-state index in [-0.39, 0.29) is 0 Å². The Kier molecular flexibility index (Phi) is 1.24. The first-order valence-electron chi connectivity index (χ1n) is 3.87. The van der Waals surface area contributed by atoms with Crippen molar-refractivity contribution in [3.8, 4) is 0 Å². The monoisotopic (exact) mass is 126 g/mol. The van der Waals surface area contributed by atoms with E-state index in [2.05, 4.69) is 10.6 Å². The third-order valence-electron chi connectivity index (χ3n) is 2.61. The van der Waals surface area contributed by atoms with Gasteiger partial charge in [0.2, 0.25) is 0 Å². The molecule has 1 aliphatic heterocycles. The summed E-state index contributed by atoms with van der Waals surface area (Å²) in [6, 6.07) is 0. The van der Waals surface area contributed by atoms with E-state index in [4.69, 9.17) is 0 Å². The van der Waals surface area contributed by atoms with Gasteiger partial charge in [0.25, 0.3) is 0 Å². The zero-order valence-electron chi connectivity index (χ0n) is 5.74. The first kappa shape index (κ1) is 5.69. The third-order valence-corrected chi connectivity index (χ3v) is 2.61. The van der Waals surface area contributed by atoms with Crippen LogP contribution in [0.2, 0.25) is 0 Å². The Morgan fingerprint density at radius 1 is 1.11 bits per heavy atom. The summed E-state index contributed by atoms with van der Waals surface area (Å²) in [5.74, 6) is 0. The lowest BCUT2D eigenvalue weighted by Crippen LogP contribution is -2.38. The molecule has 9 heavy (non-hydrogen) atoms. The molecule has 1 spiro atoms. The van der Waals surface area contributed by atoms with Crippen LogP contribution in [0.25, 0.3) is 0 Å². The van der Waals surface area contributed by atoms with Crippen LogP contribution in [0, 0.1) is 0 Å². The number of hydrogen-bond acceptors (Lipinski definition) is 2. The van der Waals surface area contributed by atoms with Crippen molar-refractivity contribution in [3.05, 3.63) is 0 Å². The van der Waals surface area contributed by atoms with E-state index >= 15 is 0 Å². The molecule has 0 aromatic carbocycles. The van der Waals surface area contributed by atoms with Gasteiger partial charge in [-0.25, -0.2) is 0 Å². The minimum Gasteiger partial charge on any atom is -0.303 e. The molecule has 1 heterocycles. The van der Waals surface area contributed by atoms with E-state index in [1.165, 1.54) is 32.2 Å². The van der Waals surface area contributed by atoms with E-state index in [1.54, 1.807) is 0 Å². The quantitative estimate of drug-likeness (QED) is 0.492. The van der Waals surface area contributed by atoms with Crippen molar-refractivity contribution < 1.29 is 0 Å². The van der Waals surface area contributed by atoms with Crippen molar-refractivity contribution in [3.63, 3.8) is 0 Å². The normalized spacial score (nSPS) is 32.0. The van der Waals surface area contributed by atoms with Crippen LogP contribution < -0.4 is 10.6 Å². The average Bonchev–Trinajstić information content (AvgIpc) is 2.45. The molecule has 2 aliphatic rings. The Balaban J connectivity index is 2.04. The first-order valence-corrected chi connectivity index (χ1v) is 3.87. The second-order valence-corrected chi connectivity index (χ2v) is 3.27. The molecule has 0 atom stereocenters. The van der Waals surface area contributed by atoms with Gasteiger partial charge in [0.15, 0.2) is 0 Å². The first-order chi connectivity index (χ1) is 4.41. The summed E-state index contributed by atoms with van der Waals surface area (Å²) >= 11 is 0. The molecule has 2 nitrogen and oxygen atoms in total. The van der Waals surface area contributed by atoms with E-state index in [0.717, 1.165) is 6.67 Å². The molecule has 0 radical (unpaired) electrons. The molecular formula is C7H14N2. The maximum Gasteiger partial charge on any atom is 0.0459 e. The average molecular weight is 126 g/mol. The second-order valence-electron chi connectivity index (χ2n) is 3.27. The lowest BCUT2D eigenvalue weighted by molar-refractivity contribution is 0.412. The van der Waals surface area contributed by atoms with Gasteiger partial charge in [0.1, 0.15) is 0 Å². The van der Waals surface area contributed by atoms with Crippen molar-refractivity contribution >= 4 is 0 Å². The summed E-state index contributed by atoms with van der Waals surface area (Å²) in [6.07, 6.45) is 5.63. The fourth-order valence-corrected chi connectivity index (χ4v) is 2.02. The highest BCUT2D eigenvalue weighted by molar-refractivity contribution is 4.97. The fourth-order valence-electron chi connectivity index (χ4n) is 2.02. The van der Waals surface area contributed by atoms with Crippen LogP contribution >= 0.6 is 0 Å². The molecule has 0 aromatic heterocycles. The molecule has 1 aliphatic carbocycles. The highest BCUT2D eigenvalue weighted by atomic mass is 15.2. The maximum absolute atomic E-state index is 3.52. The van der Waals surface area contributed by atoms with Crippen molar-refractivity contribution in [1.29, 1.82) is 0 Å². The highest BCUT2D eigenvalue weighted by Crippen LogP contribution is 2.30. The van der Waals surface area contributed by atoms with Gasteiger partial charge in [-0.15, -0.1) is 0 Å². The zero-order valence-corrected chi connectivity index (χ0v) is 5.74. The van der Waals surface area contributed by atoms with Crippen LogP contribution in [0.5, 0.6) is 0 Å². The number of nitrogens with one attached hydrogen (secondary N) is 2. The predicted molar refractivity (Wildman–Crippen MR) is 37.2 cm³/mol. The minimum absolute atomic E-state index is 0.528. The molecule has 0 amide bonds. The van der Waals surface area contributed by atoms with Crippen LogP contribution in [0.4, 0.5) is 0 Å². The smallest absolute Gasteiger partial charge is 0.0459 e. The van der Waals surface area contributed by atoms with E-state index in [1.807, 2.05) is 0 Å². The molecular weight excluding hydrogens is 112 g/mol. The van der Waals surface area contributed by atoms with Gasteiger partial charge in [0, 0.05) is 18.8 Å². The van der Waals surface area contributed by atoms with Crippen LogP contribution in [-0.4, -0.2) is 18.8 Å². The molecule has 0 aromatic rings. The Bertz CT molecular complexity index is 82.0. The topological polar surface area (TPSA) is 24.1 Å². The van der Waals surface area contributed by atoms with Crippen molar-refractivity contribution in [2.45, 2.75) is 31.2 Å². The molecule has 1 saturated heterocycles. The van der Waals surface area contributed by atoms with Gasteiger partial charge in [0.05, 0.1) is 0 Å². The van der Waals surface area contributed by atoms with E-state index in [0.29, 0.717) is 5.54 Å². The molecule has 1 saturated carbocycles. The molecule has 2 heteroatoms. The molecule has 52 valence electrons. The van der Waals surface area contributed by atoms with Crippen LogP contribution in [0.3, 0.4) is 0 Å². The zero-order chi connectivity index (χ0) is 6.16. The Labute approximate surface area is 56.0 Å². The molecule has 0 bridgehead atoms. The second kappa shape index (κ2) is 1.96. The van der Waals surface area contributed by atoms with Crippen molar-refractivity contribution in [2.24, 2.45) is 0 Å². The third kappa shape index (κ3) is 0.864. The molecule has 2 N–H and O–H groups in total. The Morgan fingerprint density at radius 2 is 1.89 bits per heavy atom. The largest absolute Gasteiger partial charge is 0.303 e. The highest BCUT2D eigenvalue weighted by Gasteiger charge is 2.35. The van der Waals surface area contributed by atoms with E-state index in [9.17, 15) is 0 Å². The summed E-state index contributed by atoms with van der Waals surface area (Å²) < 4.78 is 0. The number of rotatable bonds is 0. The van der Waals surface area contributed by atoms with E-state index < -0.39 is 0 Å². The summed E-state index contributed by atoms with van der Waals surface area (Å²) in [5.41, 5.74) is 0.528. The van der Waals surface area contributed by atoms with Gasteiger partial charge >= 0.3 is 0 Å². The van der Waals surface area contributed by atoms with Gasteiger partial charge in [-0.3, -0.25) is 5.32 Å². The summed E-state index contributed by atoms with van der Waals surface area (Å²) in [5, 5.41) is 6.86. The summed E-state index contributed by atoms with van der Waals surface area (Å²) in [4.78, 5) is 0. The van der Waals surface area contributed by atoms with Gasteiger partial charge in [-0.05, 0) is 12.8 Å². The van der Waals surface area contributed by atoms with Crippen LogP contribution in [0.15, 0.2) is 0 Å². The van der Waals surface area contributed by atoms with Crippen molar-refractivity contribution in [2.75, 3.05) is 13.2 Å². The standard InChI is InChI=1S/C7H14N2/c1-2-4-7(3-1)5-8-6-9-7/h8-9H,1-6H2. The Hall–Kier alpha value is -0.0800. The Morgan fingerprint density at radius 3 is 2.44 bits per heavy atom. The van der Waals surface area contributed by atoms with Crippen molar-refractivity contribution in [1.82, 2.24) is 10.6 Å². The molecule has 2 rings (SSSR count). The predicted octanol–water partition coefficient (Wildman–Crippen LogP) is 0.450. The van der Waals surface area contributed by atoms with Gasteiger partial charge < -0.3 is 5.32 Å². The fraction of sp³-hybridized carbons (Fsp3) is 1.00. The lowest BCUT2D eigenvalue weighted by atomic mass is 10.00. The molecule has 0 unspecified atom stereocenters. The van der Waals surface area contributed by atoms with Crippen LogP contribution in [-0.2, 0) is 0 Å². The van der Waals surface area contributed by atoms with Gasteiger partial charge in [-0.2, -0.15) is 0 Å². The minimum atomic E-state index is 0.528. The molecule has 2 fully saturated rings. The summed E-state index contributed by atoms with van der Waals surface area (Å²) in [6.45, 7) is 2.23. The van der Waals surface area contributed by atoms with Gasteiger partial charge in [-0.1, -0.05) is 12.8 Å². The number of hydrogen-bond donors (Lipinski definition) is 2. The summed E-state index contributed by atoms with van der Waals surface area (Å²) in [7, 11) is 0. The lowest BCUT2D eigenvalue weighted by Gasteiger charge is -2.20. The maximum atomic E-state index is 3.52. The SMILES string of the molecule is C1CCC2(C1)CNCN2. The van der Waals surface area contributed by atoms with Crippen LogP contribution in [0.1, 0.15) is 25.7 Å².